The van der Waals surface area contributed by atoms with Crippen LogP contribution in [-0.4, -0.2) is 16.1 Å². The van der Waals surface area contributed by atoms with Gasteiger partial charge in [-0.1, -0.05) is 6.07 Å². The molecule has 0 aliphatic carbocycles. The molecule has 0 bridgehead atoms. The van der Waals surface area contributed by atoms with Gasteiger partial charge in [0.25, 0.3) is 11.5 Å². The minimum atomic E-state index is -4.50. The molecular formula is C13H10F3N3O2. The number of rotatable bonds is 2. The van der Waals surface area contributed by atoms with Crippen LogP contribution in [0, 0.1) is 6.92 Å². The first-order chi connectivity index (χ1) is 9.77. The van der Waals surface area contributed by atoms with E-state index in [9.17, 15) is 22.8 Å². The van der Waals surface area contributed by atoms with E-state index in [0.717, 1.165) is 18.2 Å². The lowest BCUT2D eigenvalue weighted by Crippen LogP contribution is -2.18. The van der Waals surface area contributed by atoms with E-state index < -0.39 is 23.2 Å². The number of alkyl halides is 3. The fourth-order valence-corrected chi connectivity index (χ4v) is 1.59. The van der Waals surface area contributed by atoms with Crippen LogP contribution >= 0.6 is 0 Å². The Bertz CT molecular complexity index is 718. The zero-order valence-corrected chi connectivity index (χ0v) is 10.8. The Hall–Kier alpha value is -2.64. The lowest BCUT2D eigenvalue weighted by molar-refractivity contribution is -0.137. The normalized spacial score (nSPS) is 11.2. The number of aryl methyl sites for hydroxylation is 1. The Kier molecular flexibility index (Phi) is 3.79. The fraction of sp³-hybridized carbons (Fsp3) is 0.154. The summed E-state index contributed by atoms with van der Waals surface area (Å²) in [7, 11) is 0. The second-order valence-electron chi connectivity index (χ2n) is 4.29. The highest BCUT2D eigenvalue weighted by molar-refractivity contribution is 6.03. The van der Waals surface area contributed by atoms with Crippen molar-refractivity contribution in [1.29, 1.82) is 0 Å². The second kappa shape index (κ2) is 5.39. The molecule has 5 nitrogen and oxygen atoms in total. The fourth-order valence-electron chi connectivity index (χ4n) is 1.59. The summed E-state index contributed by atoms with van der Waals surface area (Å²) < 4.78 is 37.9. The average Bonchev–Trinajstić information content (AvgIpc) is 2.40. The number of nitrogens with one attached hydrogen (secondary N) is 2. The molecule has 0 aliphatic rings. The maximum Gasteiger partial charge on any atom is 0.416 e. The predicted molar refractivity (Wildman–Crippen MR) is 69.0 cm³/mol. The maximum atomic E-state index is 12.6. The van der Waals surface area contributed by atoms with Crippen LogP contribution in [0.2, 0.25) is 0 Å². The van der Waals surface area contributed by atoms with Crippen LogP contribution in [0.4, 0.5) is 18.9 Å². The number of hydrogen-bond donors (Lipinski definition) is 2. The standard InChI is InChI=1S/C13H10F3N3O2/c1-7-2-3-8(13(14,15)16)6-10(7)17-12(21)9-4-5-11(20)19-18-9/h2-6H,1H3,(H,17,21)(H,19,20). The van der Waals surface area contributed by atoms with Crippen molar-refractivity contribution in [2.75, 3.05) is 5.32 Å². The van der Waals surface area contributed by atoms with Gasteiger partial charge >= 0.3 is 6.18 Å². The number of nitrogens with zero attached hydrogens (tertiary/aromatic N) is 1. The van der Waals surface area contributed by atoms with Gasteiger partial charge in [-0.15, -0.1) is 0 Å². The quantitative estimate of drug-likeness (QED) is 0.893. The van der Waals surface area contributed by atoms with Crippen LogP contribution in [0.1, 0.15) is 21.6 Å². The van der Waals surface area contributed by atoms with Gasteiger partial charge in [0.15, 0.2) is 0 Å². The number of H-pyrrole nitrogens is 1. The van der Waals surface area contributed by atoms with Crippen molar-refractivity contribution < 1.29 is 18.0 Å². The lowest BCUT2D eigenvalue weighted by Gasteiger charge is -2.12. The van der Waals surface area contributed by atoms with Gasteiger partial charge in [-0.25, -0.2) is 5.10 Å². The number of hydrogen-bond acceptors (Lipinski definition) is 3. The second-order valence-corrected chi connectivity index (χ2v) is 4.29. The summed E-state index contributed by atoms with van der Waals surface area (Å²) >= 11 is 0. The number of anilines is 1. The van der Waals surface area contributed by atoms with E-state index >= 15 is 0 Å². The number of benzene rings is 1. The Morgan fingerprint density at radius 1 is 1.24 bits per heavy atom. The predicted octanol–water partition coefficient (Wildman–Crippen LogP) is 2.35. The molecule has 2 aromatic rings. The van der Waals surface area contributed by atoms with Crippen LogP contribution in [0.25, 0.3) is 0 Å². The molecule has 0 spiro atoms. The van der Waals surface area contributed by atoms with Gasteiger partial charge in [0.2, 0.25) is 0 Å². The highest BCUT2D eigenvalue weighted by atomic mass is 19.4. The zero-order valence-electron chi connectivity index (χ0n) is 10.8. The topological polar surface area (TPSA) is 74.8 Å². The highest BCUT2D eigenvalue weighted by Gasteiger charge is 2.31. The van der Waals surface area contributed by atoms with Crippen molar-refractivity contribution in [1.82, 2.24) is 10.2 Å². The van der Waals surface area contributed by atoms with Gasteiger partial charge < -0.3 is 5.32 Å². The Morgan fingerprint density at radius 3 is 2.52 bits per heavy atom. The van der Waals surface area contributed by atoms with Gasteiger partial charge in [0.05, 0.1) is 5.56 Å². The molecule has 0 radical (unpaired) electrons. The minimum Gasteiger partial charge on any atom is -0.320 e. The monoisotopic (exact) mass is 297 g/mol. The summed E-state index contributed by atoms with van der Waals surface area (Å²) in [5.74, 6) is -0.714. The van der Waals surface area contributed by atoms with Gasteiger partial charge in [0.1, 0.15) is 5.69 Å². The third-order valence-corrected chi connectivity index (χ3v) is 2.72. The lowest BCUT2D eigenvalue weighted by atomic mass is 10.1. The maximum absolute atomic E-state index is 12.6. The van der Waals surface area contributed by atoms with Gasteiger partial charge in [-0.2, -0.15) is 18.3 Å². The van der Waals surface area contributed by atoms with Gasteiger partial charge in [-0.3, -0.25) is 9.59 Å². The molecule has 1 aromatic carbocycles. The molecule has 110 valence electrons. The first-order valence-corrected chi connectivity index (χ1v) is 5.82. The van der Waals surface area contributed by atoms with Crippen LogP contribution in [0.3, 0.4) is 0 Å². The van der Waals surface area contributed by atoms with Gasteiger partial charge in [-0.05, 0) is 30.7 Å². The SMILES string of the molecule is Cc1ccc(C(F)(F)F)cc1NC(=O)c1ccc(=O)[nH]n1. The first-order valence-electron chi connectivity index (χ1n) is 5.82. The molecule has 2 N–H and O–H groups in total. The summed E-state index contributed by atoms with van der Waals surface area (Å²) in [6, 6.07) is 5.32. The molecule has 8 heteroatoms. The van der Waals surface area contributed by atoms with Crippen LogP contribution < -0.4 is 10.9 Å². The molecule has 21 heavy (non-hydrogen) atoms. The molecule has 0 aliphatic heterocycles. The number of aromatic amines is 1. The number of amides is 1. The van der Waals surface area contributed by atoms with Crippen molar-refractivity contribution >= 4 is 11.6 Å². The van der Waals surface area contributed by atoms with E-state index in [1.165, 1.54) is 12.1 Å². The van der Waals surface area contributed by atoms with E-state index in [4.69, 9.17) is 0 Å². The Morgan fingerprint density at radius 2 is 1.95 bits per heavy atom. The molecule has 0 saturated heterocycles. The third kappa shape index (κ3) is 3.47. The van der Waals surface area contributed by atoms with Crippen LogP contribution in [0.15, 0.2) is 35.1 Å². The summed E-state index contributed by atoms with van der Waals surface area (Å²) in [5.41, 5.74) is -0.949. The van der Waals surface area contributed by atoms with Gasteiger partial charge in [0, 0.05) is 11.8 Å². The molecular weight excluding hydrogens is 287 g/mol. The Labute approximate surface area is 116 Å². The van der Waals surface area contributed by atoms with Crippen molar-refractivity contribution in [2.24, 2.45) is 0 Å². The summed E-state index contributed by atoms with van der Waals surface area (Å²) in [6.45, 7) is 1.57. The van der Waals surface area contributed by atoms with E-state index in [2.05, 4.69) is 15.5 Å². The summed E-state index contributed by atoms with van der Waals surface area (Å²) in [5, 5.41) is 7.91. The molecule has 1 heterocycles. The number of aromatic nitrogens is 2. The highest BCUT2D eigenvalue weighted by Crippen LogP contribution is 2.32. The average molecular weight is 297 g/mol. The minimum absolute atomic E-state index is 0.0304. The zero-order chi connectivity index (χ0) is 15.6. The number of halogens is 3. The van der Waals surface area contributed by atoms with Crippen molar-refractivity contribution in [2.45, 2.75) is 13.1 Å². The number of carbonyl (C=O) groups is 1. The van der Waals surface area contributed by atoms with Crippen LogP contribution in [0.5, 0.6) is 0 Å². The summed E-state index contributed by atoms with van der Waals surface area (Å²) in [4.78, 5) is 22.7. The smallest absolute Gasteiger partial charge is 0.320 e. The largest absolute Gasteiger partial charge is 0.416 e. The first kappa shape index (κ1) is 14.8. The molecule has 0 fully saturated rings. The van der Waals surface area contributed by atoms with Crippen molar-refractivity contribution in [3.63, 3.8) is 0 Å². The van der Waals surface area contributed by atoms with E-state index in [1.54, 1.807) is 6.92 Å². The van der Waals surface area contributed by atoms with Crippen LogP contribution in [-0.2, 0) is 6.18 Å². The molecule has 2 rings (SSSR count). The molecule has 0 saturated carbocycles. The van der Waals surface area contributed by atoms with E-state index in [1.807, 2.05) is 0 Å². The third-order valence-electron chi connectivity index (χ3n) is 2.72. The van der Waals surface area contributed by atoms with E-state index in [-0.39, 0.29) is 11.4 Å². The van der Waals surface area contributed by atoms with Crippen molar-refractivity contribution in [3.05, 3.63) is 57.5 Å². The van der Waals surface area contributed by atoms with Crippen molar-refractivity contribution in [3.8, 4) is 0 Å². The molecule has 1 aromatic heterocycles. The summed E-state index contributed by atoms with van der Waals surface area (Å²) in [6.07, 6.45) is -4.50. The number of carbonyl (C=O) groups excluding carboxylic acids is 1. The van der Waals surface area contributed by atoms with E-state index in [0.29, 0.717) is 5.56 Å². The molecule has 0 atom stereocenters. The molecule has 1 amide bonds. The molecule has 0 unspecified atom stereocenters. The Balaban J connectivity index is 2.28.